The molecule has 122 valence electrons. The smallest absolute Gasteiger partial charge is 0.132 e. The molecule has 0 aliphatic rings. The molecule has 1 heteroatoms. The molecule has 0 aromatic heterocycles. The highest BCUT2D eigenvalue weighted by atomic mass is 16.1. The molecule has 0 N–H and O–H groups in total. The third-order valence-electron chi connectivity index (χ3n) is 3.80. The molecule has 0 spiro atoms. The SMILES string of the molecule is CCCCC/C=C\C/C=C\CCCCCCCC(=O)CC. The van der Waals surface area contributed by atoms with Crippen molar-refractivity contribution >= 4 is 5.78 Å². The zero-order valence-corrected chi connectivity index (χ0v) is 14.4. The minimum absolute atomic E-state index is 0.417. The summed E-state index contributed by atoms with van der Waals surface area (Å²) in [6, 6.07) is 0. The molecule has 0 bridgehead atoms. The average molecular weight is 293 g/mol. The van der Waals surface area contributed by atoms with Crippen molar-refractivity contribution in [3.05, 3.63) is 24.3 Å². The molecular weight excluding hydrogens is 256 g/mol. The number of carbonyl (C=O) groups is 1. The van der Waals surface area contributed by atoms with E-state index in [0.29, 0.717) is 12.2 Å². The molecule has 0 aromatic rings. The van der Waals surface area contributed by atoms with Gasteiger partial charge in [-0.2, -0.15) is 0 Å². The van der Waals surface area contributed by atoms with Crippen LogP contribution in [0.5, 0.6) is 0 Å². The second-order valence-corrected chi connectivity index (χ2v) is 5.87. The minimum atomic E-state index is 0.417. The highest BCUT2D eigenvalue weighted by Gasteiger charge is 1.97. The molecule has 0 atom stereocenters. The van der Waals surface area contributed by atoms with Gasteiger partial charge < -0.3 is 0 Å². The first kappa shape index (κ1) is 20.1. The van der Waals surface area contributed by atoms with Gasteiger partial charge in [-0.1, -0.05) is 70.3 Å². The van der Waals surface area contributed by atoms with Crippen LogP contribution in [0.2, 0.25) is 0 Å². The van der Waals surface area contributed by atoms with Crippen LogP contribution >= 0.6 is 0 Å². The fourth-order valence-electron chi connectivity index (χ4n) is 2.31. The lowest BCUT2D eigenvalue weighted by Gasteiger charge is -1.99. The number of unbranched alkanes of at least 4 members (excludes halogenated alkanes) is 8. The maximum atomic E-state index is 11.1. The number of ketones is 1. The lowest BCUT2D eigenvalue weighted by Crippen LogP contribution is -1.93. The van der Waals surface area contributed by atoms with Gasteiger partial charge in [-0.15, -0.1) is 0 Å². The normalized spacial score (nSPS) is 11.7. The van der Waals surface area contributed by atoms with E-state index in [0.717, 1.165) is 19.3 Å². The Morgan fingerprint density at radius 3 is 1.90 bits per heavy atom. The zero-order chi connectivity index (χ0) is 15.6. The van der Waals surface area contributed by atoms with Crippen LogP contribution in [0.4, 0.5) is 0 Å². The summed E-state index contributed by atoms with van der Waals surface area (Å²) in [6.45, 7) is 4.20. The molecule has 0 aliphatic carbocycles. The summed E-state index contributed by atoms with van der Waals surface area (Å²) in [5, 5.41) is 0. The summed E-state index contributed by atoms with van der Waals surface area (Å²) in [4.78, 5) is 11.1. The van der Waals surface area contributed by atoms with Crippen LogP contribution in [-0.2, 0) is 4.79 Å². The van der Waals surface area contributed by atoms with E-state index in [4.69, 9.17) is 0 Å². The summed E-state index contributed by atoms with van der Waals surface area (Å²) in [5.74, 6) is 0.417. The minimum Gasteiger partial charge on any atom is -0.300 e. The van der Waals surface area contributed by atoms with Crippen molar-refractivity contribution in [3.63, 3.8) is 0 Å². The lowest BCUT2D eigenvalue weighted by molar-refractivity contribution is -0.118. The molecule has 21 heavy (non-hydrogen) atoms. The second-order valence-electron chi connectivity index (χ2n) is 5.87. The maximum Gasteiger partial charge on any atom is 0.132 e. The predicted octanol–water partition coefficient (Wildman–Crippen LogP) is 6.78. The molecular formula is C20H36O. The number of hydrogen-bond acceptors (Lipinski definition) is 1. The van der Waals surface area contributed by atoms with Gasteiger partial charge in [-0.3, -0.25) is 4.79 Å². The van der Waals surface area contributed by atoms with Crippen molar-refractivity contribution in [2.24, 2.45) is 0 Å². The van der Waals surface area contributed by atoms with Crippen molar-refractivity contribution in [1.29, 1.82) is 0 Å². The van der Waals surface area contributed by atoms with Gasteiger partial charge in [0.05, 0.1) is 0 Å². The molecule has 0 heterocycles. The van der Waals surface area contributed by atoms with Crippen molar-refractivity contribution in [2.75, 3.05) is 0 Å². The predicted molar refractivity (Wildman–Crippen MR) is 94.7 cm³/mol. The van der Waals surface area contributed by atoms with E-state index in [1.54, 1.807) is 0 Å². The third kappa shape index (κ3) is 17.1. The van der Waals surface area contributed by atoms with Gasteiger partial charge in [0.1, 0.15) is 5.78 Å². The zero-order valence-electron chi connectivity index (χ0n) is 14.4. The largest absolute Gasteiger partial charge is 0.300 e. The molecule has 0 aromatic carbocycles. The molecule has 0 unspecified atom stereocenters. The monoisotopic (exact) mass is 292 g/mol. The number of carbonyl (C=O) groups excluding carboxylic acids is 1. The summed E-state index contributed by atoms with van der Waals surface area (Å²) >= 11 is 0. The van der Waals surface area contributed by atoms with Crippen LogP contribution in [0, 0.1) is 0 Å². The number of rotatable bonds is 15. The lowest BCUT2D eigenvalue weighted by atomic mass is 10.1. The molecule has 0 amide bonds. The molecule has 0 saturated carbocycles. The molecule has 0 fully saturated rings. The van der Waals surface area contributed by atoms with Crippen molar-refractivity contribution in [2.45, 2.75) is 97.3 Å². The fraction of sp³-hybridized carbons (Fsp3) is 0.750. The first-order valence-corrected chi connectivity index (χ1v) is 9.13. The Kier molecular flexibility index (Phi) is 16.5. The Hall–Kier alpha value is -0.850. The first-order valence-electron chi connectivity index (χ1n) is 9.13. The van der Waals surface area contributed by atoms with Gasteiger partial charge in [0.15, 0.2) is 0 Å². The maximum absolute atomic E-state index is 11.1. The molecule has 1 nitrogen and oxygen atoms in total. The molecule has 0 aliphatic heterocycles. The summed E-state index contributed by atoms with van der Waals surface area (Å²) in [6.07, 6.45) is 24.4. The van der Waals surface area contributed by atoms with Gasteiger partial charge in [0, 0.05) is 12.8 Å². The van der Waals surface area contributed by atoms with Crippen molar-refractivity contribution < 1.29 is 4.79 Å². The van der Waals surface area contributed by atoms with E-state index < -0.39 is 0 Å². The Morgan fingerprint density at radius 1 is 0.714 bits per heavy atom. The quantitative estimate of drug-likeness (QED) is 0.240. The van der Waals surface area contributed by atoms with E-state index in [2.05, 4.69) is 31.2 Å². The van der Waals surface area contributed by atoms with E-state index >= 15 is 0 Å². The van der Waals surface area contributed by atoms with Crippen LogP contribution in [0.25, 0.3) is 0 Å². The third-order valence-corrected chi connectivity index (χ3v) is 3.80. The number of allylic oxidation sites excluding steroid dienone is 4. The second kappa shape index (κ2) is 17.2. The van der Waals surface area contributed by atoms with Crippen molar-refractivity contribution in [3.8, 4) is 0 Å². The Balaban J connectivity index is 3.20. The van der Waals surface area contributed by atoms with E-state index in [-0.39, 0.29) is 0 Å². The Labute approximate surface area is 132 Å². The topological polar surface area (TPSA) is 17.1 Å². The summed E-state index contributed by atoms with van der Waals surface area (Å²) < 4.78 is 0. The van der Waals surface area contributed by atoms with E-state index in [1.807, 2.05) is 6.92 Å². The van der Waals surface area contributed by atoms with Crippen molar-refractivity contribution in [1.82, 2.24) is 0 Å². The average Bonchev–Trinajstić information content (AvgIpc) is 2.50. The molecule has 0 rings (SSSR count). The van der Waals surface area contributed by atoms with Gasteiger partial charge in [-0.25, -0.2) is 0 Å². The molecule has 0 radical (unpaired) electrons. The Morgan fingerprint density at radius 2 is 1.29 bits per heavy atom. The van der Waals surface area contributed by atoms with Crippen LogP contribution < -0.4 is 0 Å². The molecule has 0 saturated heterocycles. The summed E-state index contributed by atoms with van der Waals surface area (Å²) in [5.41, 5.74) is 0. The number of hydrogen-bond donors (Lipinski definition) is 0. The van der Waals surface area contributed by atoms with Crippen LogP contribution in [-0.4, -0.2) is 5.78 Å². The standard InChI is InChI=1S/C20H36O/c1-3-5-6-7-8-9-10-11-12-13-14-15-16-17-18-19-20(21)4-2/h8-9,11-12H,3-7,10,13-19H2,1-2H3/b9-8-,12-11-. The van der Waals surface area contributed by atoms with Gasteiger partial charge in [0.2, 0.25) is 0 Å². The highest BCUT2D eigenvalue weighted by Crippen LogP contribution is 2.08. The van der Waals surface area contributed by atoms with Crippen LogP contribution in [0.3, 0.4) is 0 Å². The number of Topliss-reactive ketones (excluding diaryl/α,β-unsaturated/α-hetero) is 1. The van der Waals surface area contributed by atoms with E-state index in [1.165, 1.54) is 57.8 Å². The van der Waals surface area contributed by atoms with Gasteiger partial charge in [-0.05, 0) is 38.5 Å². The van der Waals surface area contributed by atoms with Crippen LogP contribution in [0.15, 0.2) is 24.3 Å². The van der Waals surface area contributed by atoms with Gasteiger partial charge in [0.25, 0.3) is 0 Å². The van der Waals surface area contributed by atoms with Gasteiger partial charge >= 0.3 is 0 Å². The first-order chi connectivity index (χ1) is 10.3. The fourth-order valence-corrected chi connectivity index (χ4v) is 2.31. The Bertz CT molecular complexity index is 276. The summed E-state index contributed by atoms with van der Waals surface area (Å²) in [7, 11) is 0. The highest BCUT2D eigenvalue weighted by molar-refractivity contribution is 5.77. The van der Waals surface area contributed by atoms with E-state index in [9.17, 15) is 4.79 Å². The van der Waals surface area contributed by atoms with Crippen LogP contribution in [0.1, 0.15) is 97.3 Å².